The molecule has 2 nitrogen and oxygen atoms in total. The molecule has 1 saturated carbocycles. The van der Waals surface area contributed by atoms with E-state index in [4.69, 9.17) is 22.1 Å². The van der Waals surface area contributed by atoms with Crippen molar-refractivity contribution < 1.29 is 4.74 Å². The summed E-state index contributed by atoms with van der Waals surface area (Å²) < 4.78 is 5.34. The van der Waals surface area contributed by atoms with Gasteiger partial charge in [-0.1, -0.05) is 11.6 Å². The molecule has 1 aliphatic carbocycles. The number of ether oxygens (including phenoxy) is 1. The van der Waals surface area contributed by atoms with E-state index < -0.39 is 0 Å². The van der Waals surface area contributed by atoms with Gasteiger partial charge in [-0.3, -0.25) is 0 Å². The zero-order valence-electron chi connectivity index (χ0n) is 9.14. The van der Waals surface area contributed by atoms with E-state index >= 15 is 0 Å². The van der Waals surface area contributed by atoms with E-state index in [9.17, 15) is 0 Å². The van der Waals surface area contributed by atoms with Crippen molar-refractivity contribution in [1.29, 1.82) is 0 Å². The van der Waals surface area contributed by atoms with Gasteiger partial charge in [0.2, 0.25) is 0 Å². The third-order valence-electron chi connectivity index (χ3n) is 3.13. The maximum atomic E-state index is 6.12. The molecule has 0 aliphatic heterocycles. The molecule has 1 aliphatic rings. The lowest BCUT2D eigenvalue weighted by molar-refractivity contribution is 0.407. The van der Waals surface area contributed by atoms with Gasteiger partial charge < -0.3 is 10.5 Å². The van der Waals surface area contributed by atoms with Crippen LogP contribution in [0.1, 0.15) is 24.0 Å². The topological polar surface area (TPSA) is 35.2 Å². The Balaban J connectivity index is 2.37. The molecule has 0 aromatic heterocycles. The van der Waals surface area contributed by atoms with Crippen LogP contribution in [0, 0.1) is 6.92 Å². The van der Waals surface area contributed by atoms with E-state index in [2.05, 4.69) is 0 Å². The highest BCUT2D eigenvalue weighted by molar-refractivity contribution is 6.31. The van der Waals surface area contributed by atoms with Crippen molar-refractivity contribution >= 4 is 11.6 Å². The van der Waals surface area contributed by atoms with Crippen LogP contribution in [0.2, 0.25) is 5.02 Å². The quantitative estimate of drug-likeness (QED) is 0.859. The molecule has 82 valence electrons. The standard InChI is InChI=1S/C12H16ClNO/c1-8-9(7-12(14)5-6-12)11(15-2)4-3-10(8)13/h3-4H,5-7,14H2,1-2H3. The van der Waals surface area contributed by atoms with Crippen LogP contribution in [0.15, 0.2) is 12.1 Å². The Morgan fingerprint density at radius 1 is 1.47 bits per heavy atom. The Labute approximate surface area is 95.4 Å². The average Bonchev–Trinajstić information content (AvgIpc) is 2.92. The number of hydrogen-bond acceptors (Lipinski definition) is 2. The SMILES string of the molecule is COc1ccc(Cl)c(C)c1CC1(N)CC1. The van der Waals surface area contributed by atoms with Crippen LogP contribution in [0.25, 0.3) is 0 Å². The second-order valence-corrected chi connectivity index (χ2v) is 4.80. The smallest absolute Gasteiger partial charge is 0.122 e. The van der Waals surface area contributed by atoms with E-state index in [-0.39, 0.29) is 5.54 Å². The normalized spacial score (nSPS) is 17.6. The fourth-order valence-electron chi connectivity index (χ4n) is 1.80. The summed E-state index contributed by atoms with van der Waals surface area (Å²) in [4.78, 5) is 0. The summed E-state index contributed by atoms with van der Waals surface area (Å²) in [5.41, 5.74) is 8.36. The van der Waals surface area contributed by atoms with Gasteiger partial charge >= 0.3 is 0 Å². The molecule has 1 aromatic carbocycles. The lowest BCUT2D eigenvalue weighted by Gasteiger charge is -2.16. The number of benzene rings is 1. The first kappa shape index (κ1) is 10.8. The Kier molecular flexibility index (Phi) is 2.65. The van der Waals surface area contributed by atoms with Crippen LogP contribution in [0.3, 0.4) is 0 Å². The number of halogens is 1. The highest BCUT2D eigenvalue weighted by Crippen LogP contribution is 2.40. The molecule has 2 N–H and O–H groups in total. The Morgan fingerprint density at radius 2 is 2.13 bits per heavy atom. The summed E-state index contributed by atoms with van der Waals surface area (Å²) in [7, 11) is 1.68. The second-order valence-electron chi connectivity index (χ2n) is 4.39. The highest BCUT2D eigenvalue weighted by Gasteiger charge is 2.39. The van der Waals surface area contributed by atoms with Crippen LogP contribution in [-0.4, -0.2) is 12.6 Å². The number of methoxy groups -OCH3 is 1. The average molecular weight is 226 g/mol. The largest absolute Gasteiger partial charge is 0.496 e. The predicted octanol–water partition coefficient (Wildman–Crippen LogP) is 2.69. The number of rotatable bonds is 3. The minimum Gasteiger partial charge on any atom is -0.496 e. The van der Waals surface area contributed by atoms with Gasteiger partial charge in [-0.2, -0.15) is 0 Å². The van der Waals surface area contributed by atoms with Gasteiger partial charge in [-0.05, 0) is 43.9 Å². The van der Waals surface area contributed by atoms with Crippen molar-refractivity contribution in [3.63, 3.8) is 0 Å². The lowest BCUT2D eigenvalue weighted by atomic mass is 9.99. The molecule has 0 saturated heterocycles. The monoisotopic (exact) mass is 225 g/mol. The number of nitrogens with two attached hydrogens (primary N) is 1. The van der Waals surface area contributed by atoms with Gasteiger partial charge in [-0.15, -0.1) is 0 Å². The van der Waals surface area contributed by atoms with Gasteiger partial charge in [0.15, 0.2) is 0 Å². The van der Waals surface area contributed by atoms with Gasteiger partial charge in [0, 0.05) is 16.1 Å². The number of hydrogen-bond donors (Lipinski definition) is 1. The summed E-state index contributed by atoms with van der Waals surface area (Å²) in [6.07, 6.45) is 3.06. The van der Waals surface area contributed by atoms with E-state index in [1.807, 2.05) is 19.1 Å². The summed E-state index contributed by atoms with van der Waals surface area (Å²) in [5, 5.41) is 0.787. The molecule has 0 atom stereocenters. The Morgan fingerprint density at radius 3 is 2.67 bits per heavy atom. The molecule has 3 heteroatoms. The minimum absolute atomic E-state index is 0.0112. The summed E-state index contributed by atoms with van der Waals surface area (Å²) in [6, 6.07) is 3.78. The van der Waals surface area contributed by atoms with E-state index in [1.54, 1.807) is 7.11 Å². The van der Waals surface area contributed by atoms with Crippen molar-refractivity contribution in [2.75, 3.05) is 7.11 Å². The van der Waals surface area contributed by atoms with Crippen molar-refractivity contribution in [2.45, 2.75) is 31.7 Å². The van der Waals surface area contributed by atoms with Crippen LogP contribution in [0.5, 0.6) is 5.75 Å². The van der Waals surface area contributed by atoms with Crippen molar-refractivity contribution in [3.8, 4) is 5.75 Å². The summed E-state index contributed by atoms with van der Waals surface area (Å²) in [5.74, 6) is 0.897. The molecular formula is C12H16ClNO. The first-order chi connectivity index (χ1) is 7.06. The van der Waals surface area contributed by atoms with E-state index in [0.29, 0.717) is 0 Å². The molecule has 15 heavy (non-hydrogen) atoms. The Bertz CT molecular complexity index is 385. The third kappa shape index (κ3) is 2.11. The summed E-state index contributed by atoms with van der Waals surface area (Å²) >= 11 is 6.10. The second kappa shape index (κ2) is 3.69. The molecule has 1 fully saturated rings. The zero-order chi connectivity index (χ0) is 11.1. The molecule has 0 heterocycles. The predicted molar refractivity (Wildman–Crippen MR) is 62.6 cm³/mol. The maximum absolute atomic E-state index is 6.12. The van der Waals surface area contributed by atoms with Gasteiger partial charge in [-0.25, -0.2) is 0 Å². The van der Waals surface area contributed by atoms with Crippen LogP contribution >= 0.6 is 11.6 Å². The van der Waals surface area contributed by atoms with Crippen LogP contribution < -0.4 is 10.5 Å². The minimum atomic E-state index is -0.0112. The first-order valence-electron chi connectivity index (χ1n) is 5.16. The molecule has 1 aromatic rings. The zero-order valence-corrected chi connectivity index (χ0v) is 9.90. The van der Waals surface area contributed by atoms with E-state index in [1.165, 1.54) is 0 Å². The molecular weight excluding hydrogens is 210 g/mol. The summed E-state index contributed by atoms with van der Waals surface area (Å²) in [6.45, 7) is 2.02. The molecule has 0 spiro atoms. The van der Waals surface area contributed by atoms with Gasteiger partial charge in [0.25, 0.3) is 0 Å². The lowest BCUT2D eigenvalue weighted by Crippen LogP contribution is -2.25. The molecule has 0 amide bonds. The fraction of sp³-hybridized carbons (Fsp3) is 0.500. The van der Waals surface area contributed by atoms with Crippen LogP contribution in [-0.2, 0) is 6.42 Å². The fourth-order valence-corrected chi connectivity index (χ4v) is 1.98. The van der Waals surface area contributed by atoms with Crippen molar-refractivity contribution in [2.24, 2.45) is 5.73 Å². The first-order valence-corrected chi connectivity index (χ1v) is 5.54. The molecule has 0 unspecified atom stereocenters. The Hall–Kier alpha value is -0.730. The van der Waals surface area contributed by atoms with Crippen LogP contribution in [0.4, 0.5) is 0 Å². The molecule has 0 radical (unpaired) electrons. The third-order valence-corrected chi connectivity index (χ3v) is 3.54. The van der Waals surface area contributed by atoms with Crippen molar-refractivity contribution in [1.82, 2.24) is 0 Å². The molecule has 0 bridgehead atoms. The van der Waals surface area contributed by atoms with Gasteiger partial charge in [0.05, 0.1) is 7.11 Å². The maximum Gasteiger partial charge on any atom is 0.122 e. The van der Waals surface area contributed by atoms with E-state index in [0.717, 1.165) is 41.2 Å². The van der Waals surface area contributed by atoms with Crippen molar-refractivity contribution in [3.05, 3.63) is 28.3 Å². The highest BCUT2D eigenvalue weighted by atomic mass is 35.5. The molecule has 2 rings (SSSR count). The van der Waals surface area contributed by atoms with Gasteiger partial charge in [0.1, 0.15) is 5.75 Å².